The van der Waals surface area contributed by atoms with E-state index in [2.05, 4.69) is 76.5 Å². The number of rotatable bonds is 4. The van der Waals surface area contributed by atoms with E-state index in [1.165, 1.54) is 22.4 Å². The highest BCUT2D eigenvalue weighted by Gasteiger charge is 2.18. The summed E-state index contributed by atoms with van der Waals surface area (Å²) in [6.07, 6.45) is 0. The van der Waals surface area contributed by atoms with Crippen LogP contribution >= 0.6 is 11.6 Å². The van der Waals surface area contributed by atoms with E-state index < -0.39 is 0 Å². The van der Waals surface area contributed by atoms with Crippen LogP contribution in [0.5, 0.6) is 0 Å². The molecule has 0 N–H and O–H groups in total. The van der Waals surface area contributed by atoms with E-state index in [9.17, 15) is 0 Å². The summed E-state index contributed by atoms with van der Waals surface area (Å²) in [7, 11) is 0. The molecule has 26 heavy (non-hydrogen) atoms. The van der Waals surface area contributed by atoms with E-state index in [1.54, 1.807) is 0 Å². The van der Waals surface area contributed by atoms with Crippen molar-refractivity contribution in [2.45, 2.75) is 6.54 Å². The van der Waals surface area contributed by atoms with Crippen LogP contribution in [0.15, 0.2) is 78.9 Å². The van der Waals surface area contributed by atoms with E-state index in [0.29, 0.717) is 0 Å². The molecule has 0 unspecified atom stereocenters. The minimum Gasteiger partial charge on any atom is -0.369 e. The Morgan fingerprint density at radius 3 is 2.08 bits per heavy atom. The summed E-state index contributed by atoms with van der Waals surface area (Å²) in [5.74, 6) is 0. The molecular formula is C23H23ClN2. The zero-order valence-corrected chi connectivity index (χ0v) is 15.6. The van der Waals surface area contributed by atoms with Gasteiger partial charge in [-0.15, -0.1) is 0 Å². The quantitative estimate of drug-likeness (QED) is 0.619. The van der Waals surface area contributed by atoms with Gasteiger partial charge in [-0.1, -0.05) is 66.2 Å². The van der Waals surface area contributed by atoms with Crippen LogP contribution in [-0.2, 0) is 6.54 Å². The van der Waals surface area contributed by atoms with Crippen molar-refractivity contribution < 1.29 is 0 Å². The van der Waals surface area contributed by atoms with E-state index in [-0.39, 0.29) is 0 Å². The second kappa shape index (κ2) is 7.94. The van der Waals surface area contributed by atoms with Crippen molar-refractivity contribution in [1.82, 2.24) is 4.90 Å². The Balaban J connectivity index is 1.43. The van der Waals surface area contributed by atoms with Crippen molar-refractivity contribution in [3.8, 4) is 11.1 Å². The topological polar surface area (TPSA) is 6.48 Å². The summed E-state index contributed by atoms with van der Waals surface area (Å²) in [5.41, 5.74) is 5.30. The molecule has 0 aliphatic carbocycles. The van der Waals surface area contributed by atoms with Crippen LogP contribution in [-0.4, -0.2) is 31.1 Å². The Morgan fingerprint density at radius 1 is 0.692 bits per heavy atom. The third-order valence-corrected chi connectivity index (χ3v) is 5.31. The molecule has 0 atom stereocenters. The standard InChI is InChI=1S/C23H23ClN2/c24-21-10-12-22(13-11-21)26-16-14-25(15-17-26)18-20-8-4-5-9-23(20)19-6-2-1-3-7-19/h1-13H,14-18H2. The van der Waals surface area contributed by atoms with Crippen molar-refractivity contribution in [3.05, 3.63) is 89.4 Å². The minimum atomic E-state index is 0.796. The fourth-order valence-corrected chi connectivity index (χ4v) is 3.74. The zero-order chi connectivity index (χ0) is 17.8. The highest BCUT2D eigenvalue weighted by Crippen LogP contribution is 2.25. The molecule has 3 aromatic rings. The number of hydrogen-bond acceptors (Lipinski definition) is 2. The summed E-state index contributed by atoms with van der Waals surface area (Å²) < 4.78 is 0. The summed E-state index contributed by atoms with van der Waals surface area (Å²) in [5, 5.41) is 0.796. The average Bonchev–Trinajstić information content (AvgIpc) is 2.70. The summed E-state index contributed by atoms with van der Waals surface area (Å²) in [6.45, 7) is 5.25. The largest absolute Gasteiger partial charge is 0.369 e. The molecule has 0 saturated carbocycles. The van der Waals surface area contributed by atoms with Crippen molar-refractivity contribution >= 4 is 17.3 Å². The number of halogens is 1. The first kappa shape index (κ1) is 17.1. The van der Waals surface area contributed by atoms with Gasteiger partial charge in [-0.25, -0.2) is 0 Å². The molecule has 0 amide bonds. The molecule has 3 aromatic carbocycles. The molecule has 4 rings (SSSR count). The normalized spacial score (nSPS) is 15.2. The van der Waals surface area contributed by atoms with Crippen LogP contribution in [0, 0.1) is 0 Å². The highest BCUT2D eigenvalue weighted by molar-refractivity contribution is 6.30. The number of benzene rings is 3. The van der Waals surface area contributed by atoms with Gasteiger partial charge in [-0.3, -0.25) is 4.90 Å². The molecule has 3 heteroatoms. The molecule has 0 spiro atoms. The van der Waals surface area contributed by atoms with Gasteiger partial charge in [-0.05, 0) is 41.0 Å². The second-order valence-electron chi connectivity index (χ2n) is 6.76. The Labute approximate surface area is 160 Å². The average molecular weight is 363 g/mol. The molecule has 1 heterocycles. The molecule has 132 valence electrons. The van der Waals surface area contributed by atoms with E-state index in [4.69, 9.17) is 11.6 Å². The van der Waals surface area contributed by atoms with E-state index >= 15 is 0 Å². The first-order valence-electron chi connectivity index (χ1n) is 9.16. The van der Waals surface area contributed by atoms with E-state index in [0.717, 1.165) is 37.7 Å². The summed E-state index contributed by atoms with van der Waals surface area (Å²) in [6, 6.07) is 27.6. The minimum absolute atomic E-state index is 0.796. The van der Waals surface area contributed by atoms with Crippen LogP contribution in [0.4, 0.5) is 5.69 Å². The highest BCUT2D eigenvalue weighted by atomic mass is 35.5. The van der Waals surface area contributed by atoms with Crippen molar-refractivity contribution in [1.29, 1.82) is 0 Å². The van der Waals surface area contributed by atoms with Gasteiger partial charge in [0.1, 0.15) is 0 Å². The molecular weight excluding hydrogens is 340 g/mol. The van der Waals surface area contributed by atoms with Gasteiger partial charge in [0.05, 0.1) is 0 Å². The predicted octanol–water partition coefficient (Wildman–Crippen LogP) is 5.33. The number of piperazine rings is 1. The Morgan fingerprint density at radius 2 is 1.35 bits per heavy atom. The smallest absolute Gasteiger partial charge is 0.0407 e. The van der Waals surface area contributed by atoms with Crippen LogP contribution in [0.3, 0.4) is 0 Å². The van der Waals surface area contributed by atoms with Crippen molar-refractivity contribution in [2.75, 3.05) is 31.1 Å². The molecule has 2 nitrogen and oxygen atoms in total. The fourth-order valence-electron chi connectivity index (χ4n) is 3.61. The third kappa shape index (κ3) is 3.92. The maximum absolute atomic E-state index is 6.00. The Bertz CT molecular complexity index is 838. The molecule has 0 bridgehead atoms. The lowest BCUT2D eigenvalue weighted by molar-refractivity contribution is 0.250. The Hall–Kier alpha value is -2.29. The lowest BCUT2D eigenvalue weighted by Gasteiger charge is -2.36. The van der Waals surface area contributed by atoms with Gasteiger partial charge in [0.2, 0.25) is 0 Å². The van der Waals surface area contributed by atoms with Crippen LogP contribution in [0.1, 0.15) is 5.56 Å². The van der Waals surface area contributed by atoms with Gasteiger partial charge in [0, 0.05) is 43.4 Å². The lowest BCUT2D eigenvalue weighted by atomic mass is 9.99. The molecule has 1 aliphatic rings. The monoisotopic (exact) mass is 362 g/mol. The number of hydrogen-bond donors (Lipinski definition) is 0. The van der Waals surface area contributed by atoms with Gasteiger partial charge in [0.15, 0.2) is 0 Å². The molecule has 1 aliphatic heterocycles. The van der Waals surface area contributed by atoms with Crippen LogP contribution < -0.4 is 4.90 Å². The maximum Gasteiger partial charge on any atom is 0.0407 e. The van der Waals surface area contributed by atoms with Crippen LogP contribution in [0.25, 0.3) is 11.1 Å². The molecule has 0 aromatic heterocycles. The van der Waals surface area contributed by atoms with Gasteiger partial charge in [0.25, 0.3) is 0 Å². The van der Waals surface area contributed by atoms with E-state index in [1.807, 2.05) is 12.1 Å². The van der Waals surface area contributed by atoms with Crippen molar-refractivity contribution in [3.63, 3.8) is 0 Å². The number of anilines is 1. The second-order valence-corrected chi connectivity index (χ2v) is 7.20. The van der Waals surface area contributed by atoms with Crippen LogP contribution in [0.2, 0.25) is 5.02 Å². The van der Waals surface area contributed by atoms with Gasteiger partial charge < -0.3 is 4.90 Å². The lowest BCUT2D eigenvalue weighted by Crippen LogP contribution is -2.46. The van der Waals surface area contributed by atoms with Gasteiger partial charge >= 0.3 is 0 Å². The third-order valence-electron chi connectivity index (χ3n) is 5.06. The first-order valence-corrected chi connectivity index (χ1v) is 9.53. The summed E-state index contributed by atoms with van der Waals surface area (Å²) >= 11 is 6.00. The molecule has 0 radical (unpaired) electrons. The first-order chi connectivity index (χ1) is 12.8. The summed E-state index contributed by atoms with van der Waals surface area (Å²) in [4.78, 5) is 4.99. The maximum atomic E-state index is 6.00. The SMILES string of the molecule is Clc1ccc(N2CCN(Cc3ccccc3-c3ccccc3)CC2)cc1. The molecule has 1 saturated heterocycles. The predicted molar refractivity (Wildman–Crippen MR) is 111 cm³/mol. The fraction of sp³-hybridized carbons (Fsp3) is 0.217. The molecule has 1 fully saturated rings. The Kier molecular flexibility index (Phi) is 5.24. The van der Waals surface area contributed by atoms with Gasteiger partial charge in [-0.2, -0.15) is 0 Å². The van der Waals surface area contributed by atoms with Crippen molar-refractivity contribution in [2.24, 2.45) is 0 Å². The number of nitrogens with zero attached hydrogens (tertiary/aromatic N) is 2. The zero-order valence-electron chi connectivity index (χ0n) is 14.8.